The van der Waals surface area contributed by atoms with Crippen LogP contribution in [-0.2, 0) is 6.54 Å². The fraction of sp³-hybridized carbons (Fsp3) is 0.188. The monoisotopic (exact) mass is 332 g/mol. The lowest BCUT2D eigenvalue weighted by molar-refractivity contribution is 0.0950. The zero-order valence-corrected chi connectivity index (χ0v) is 13.1. The zero-order chi connectivity index (χ0) is 14.7. The Balaban J connectivity index is 2.11. The fourth-order valence-corrected chi connectivity index (χ4v) is 2.52. The maximum atomic E-state index is 12.2. The van der Waals surface area contributed by atoms with Gasteiger partial charge in [0.1, 0.15) is 0 Å². The van der Waals surface area contributed by atoms with Crippen LogP contribution >= 0.6 is 15.9 Å². The molecule has 20 heavy (non-hydrogen) atoms. The molecule has 0 unspecified atom stereocenters. The topological polar surface area (TPSA) is 55.1 Å². The number of halogens is 1. The Hall–Kier alpha value is -1.81. The van der Waals surface area contributed by atoms with Gasteiger partial charge in [-0.15, -0.1) is 0 Å². The molecule has 3 nitrogen and oxygen atoms in total. The summed E-state index contributed by atoms with van der Waals surface area (Å²) in [5, 5.41) is 2.93. The van der Waals surface area contributed by atoms with Gasteiger partial charge in [0.2, 0.25) is 0 Å². The number of rotatable bonds is 3. The van der Waals surface area contributed by atoms with Gasteiger partial charge < -0.3 is 11.1 Å². The molecular formula is C16H17BrN2O. The van der Waals surface area contributed by atoms with Crippen LogP contribution in [0.15, 0.2) is 40.9 Å². The number of anilines is 1. The van der Waals surface area contributed by atoms with Crippen LogP contribution in [0.25, 0.3) is 0 Å². The van der Waals surface area contributed by atoms with Crippen molar-refractivity contribution in [2.24, 2.45) is 0 Å². The maximum Gasteiger partial charge on any atom is 0.251 e. The van der Waals surface area contributed by atoms with E-state index in [1.165, 1.54) is 0 Å². The third kappa shape index (κ3) is 3.20. The number of aryl methyl sites for hydroxylation is 1. The molecule has 2 aromatic carbocycles. The lowest BCUT2D eigenvalue weighted by Gasteiger charge is -2.11. The summed E-state index contributed by atoms with van der Waals surface area (Å²) >= 11 is 3.39. The molecule has 0 aliphatic rings. The van der Waals surface area contributed by atoms with E-state index in [0.29, 0.717) is 12.1 Å². The summed E-state index contributed by atoms with van der Waals surface area (Å²) in [6, 6.07) is 11.4. The van der Waals surface area contributed by atoms with E-state index in [1.807, 2.05) is 50.2 Å². The van der Waals surface area contributed by atoms with Crippen LogP contribution in [0.3, 0.4) is 0 Å². The fourth-order valence-electron chi connectivity index (χ4n) is 2.05. The zero-order valence-electron chi connectivity index (χ0n) is 11.5. The van der Waals surface area contributed by atoms with Gasteiger partial charge in [-0.25, -0.2) is 0 Å². The van der Waals surface area contributed by atoms with Gasteiger partial charge in [0.25, 0.3) is 5.91 Å². The van der Waals surface area contributed by atoms with Crippen molar-refractivity contribution in [1.82, 2.24) is 5.32 Å². The number of carbonyl (C=O) groups is 1. The molecule has 0 aromatic heterocycles. The highest BCUT2D eigenvalue weighted by atomic mass is 79.9. The summed E-state index contributed by atoms with van der Waals surface area (Å²) in [6.45, 7) is 4.36. The summed E-state index contributed by atoms with van der Waals surface area (Å²) in [7, 11) is 0. The highest BCUT2D eigenvalue weighted by molar-refractivity contribution is 9.10. The predicted octanol–water partition coefficient (Wildman–Crippen LogP) is 3.58. The van der Waals surface area contributed by atoms with Gasteiger partial charge in [0.05, 0.1) is 0 Å². The van der Waals surface area contributed by atoms with Gasteiger partial charge in [-0.05, 0) is 54.8 Å². The lowest BCUT2D eigenvalue weighted by Crippen LogP contribution is -2.24. The second kappa shape index (κ2) is 6.09. The molecule has 0 aliphatic heterocycles. The normalized spacial score (nSPS) is 10.3. The van der Waals surface area contributed by atoms with E-state index in [-0.39, 0.29) is 5.91 Å². The minimum Gasteiger partial charge on any atom is -0.399 e. The smallest absolute Gasteiger partial charge is 0.251 e. The number of amides is 1. The number of carbonyl (C=O) groups excluding carboxylic acids is 1. The van der Waals surface area contributed by atoms with Gasteiger partial charge in [-0.1, -0.05) is 28.1 Å². The molecule has 104 valence electrons. The molecule has 0 saturated carbocycles. The van der Waals surface area contributed by atoms with Crippen molar-refractivity contribution >= 4 is 27.5 Å². The third-order valence-corrected chi connectivity index (χ3v) is 3.85. The molecule has 0 heterocycles. The largest absolute Gasteiger partial charge is 0.399 e. The summed E-state index contributed by atoms with van der Waals surface area (Å²) in [5.41, 5.74) is 10.3. The first-order valence-corrected chi connectivity index (χ1v) is 7.16. The van der Waals surface area contributed by atoms with E-state index < -0.39 is 0 Å². The Morgan fingerprint density at radius 2 is 2.00 bits per heavy atom. The number of hydrogen-bond donors (Lipinski definition) is 2. The van der Waals surface area contributed by atoms with Crippen molar-refractivity contribution in [2.45, 2.75) is 20.4 Å². The van der Waals surface area contributed by atoms with Gasteiger partial charge in [-0.3, -0.25) is 4.79 Å². The van der Waals surface area contributed by atoms with Crippen molar-refractivity contribution in [3.63, 3.8) is 0 Å². The second-order valence-corrected chi connectivity index (χ2v) is 5.69. The number of nitrogens with one attached hydrogen (secondary N) is 1. The Labute approximate surface area is 127 Å². The van der Waals surface area contributed by atoms with Crippen LogP contribution in [0.1, 0.15) is 27.0 Å². The van der Waals surface area contributed by atoms with E-state index >= 15 is 0 Å². The van der Waals surface area contributed by atoms with Crippen LogP contribution in [0, 0.1) is 13.8 Å². The van der Waals surface area contributed by atoms with Crippen molar-refractivity contribution in [3.05, 3.63) is 63.1 Å². The predicted molar refractivity (Wildman–Crippen MR) is 85.6 cm³/mol. The third-order valence-electron chi connectivity index (χ3n) is 3.36. The molecule has 0 saturated heterocycles. The molecule has 0 bridgehead atoms. The van der Waals surface area contributed by atoms with Crippen LogP contribution in [-0.4, -0.2) is 5.91 Å². The Morgan fingerprint density at radius 3 is 2.70 bits per heavy atom. The standard InChI is InChI=1S/C16H17BrN2O/c1-10-8-13(17)6-7-14(10)16(20)19-9-12-4-3-5-15(18)11(12)2/h3-8H,9,18H2,1-2H3,(H,19,20). The highest BCUT2D eigenvalue weighted by Gasteiger charge is 2.09. The first-order valence-electron chi connectivity index (χ1n) is 6.37. The van der Waals surface area contributed by atoms with E-state index in [4.69, 9.17) is 5.73 Å². The van der Waals surface area contributed by atoms with Crippen molar-refractivity contribution in [3.8, 4) is 0 Å². The SMILES string of the molecule is Cc1cc(Br)ccc1C(=O)NCc1cccc(N)c1C. The summed E-state index contributed by atoms with van der Waals surface area (Å²) in [5.74, 6) is -0.0724. The Kier molecular flexibility index (Phi) is 4.45. The van der Waals surface area contributed by atoms with Gasteiger partial charge >= 0.3 is 0 Å². The Morgan fingerprint density at radius 1 is 1.25 bits per heavy atom. The van der Waals surface area contributed by atoms with Crippen molar-refractivity contribution in [1.29, 1.82) is 0 Å². The van der Waals surface area contributed by atoms with Crippen LogP contribution < -0.4 is 11.1 Å². The van der Waals surface area contributed by atoms with E-state index in [2.05, 4.69) is 21.2 Å². The van der Waals surface area contributed by atoms with E-state index in [1.54, 1.807) is 0 Å². The number of hydrogen-bond acceptors (Lipinski definition) is 2. The molecule has 1 amide bonds. The summed E-state index contributed by atoms with van der Waals surface area (Å²) in [4.78, 5) is 12.2. The minimum atomic E-state index is -0.0724. The Bertz CT molecular complexity index is 653. The molecule has 4 heteroatoms. The molecular weight excluding hydrogens is 316 g/mol. The van der Waals surface area contributed by atoms with Crippen LogP contribution in [0.4, 0.5) is 5.69 Å². The number of nitrogen functional groups attached to an aromatic ring is 1. The van der Waals surface area contributed by atoms with Gasteiger partial charge in [-0.2, -0.15) is 0 Å². The number of nitrogens with two attached hydrogens (primary N) is 1. The van der Waals surface area contributed by atoms with E-state index in [0.717, 1.165) is 26.9 Å². The molecule has 2 aromatic rings. The average Bonchev–Trinajstić information content (AvgIpc) is 2.40. The summed E-state index contributed by atoms with van der Waals surface area (Å²) < 4.78 is 0.971. The highest BCUT2D eigenvalue weighted by Crippen LogP contribution is 2.17. The van der Waals surface area contributed by atoms with Crippen LogP contribution in [0.5, 0.6) is 0 Å². The first kappa shape index (κ1) is 14.6. The summed E-state index contributed by atoms with van der Waals surface area (Å²) in [6.07, 6.45) is 0. The van der Waals surface area contributed by atoms with Crippen molar-refractivity contribution < 1.29 is 4.79 Å². The maximum absolute atomic E-state index is 12.2. The molecule has 0 radical (unpaired) electrons. The number of benzene rings is 2. The molecule has 0 atom stereocenters. The molecule has 0 spiro atoms. The van der Waals surface area contributed by atoms with Crippen LogP contribution in [0.2, 0.25) is 0 Å². The molecule has 0 aliphatic carbocycles. The van der Waals surface area contributed by atoms with Crippen molar-refractivity contribution in [2.75, 3.05) is 5.73 Å². The first-order chi connectivity index (χ1) is 9.49. The van der Waals surface area contributed by atoms with Gasteiger partial charge in [0, 0.05) is 22.3 Å². The lowest BCUT2D eigenvalue weighted by atomic mass is 10.1. The second-order valence-electron chi connectivity index (χ2n) is 4.77. The molecule has 3 N–H and O–H groups in total. The molecule has 2 rings (SSSR count). The van der Waals surface area contributed by atoms with Gasteiger partial charge in [0.15, 0.2) is 0 Å². The quantitative estimate of drug-likeness (QED) is 0.844. The molecule has 0 fully saturated rings. The van der Waals surface area contributed by atoms with E-state index in [9.17, 15) is 4.79 Å². The average molecular weight is 333 g/mol. The minimum absolute atomic E-state index is 0.0724.